The van der Waals surface area contributed by atoms with Gasteiger partial charge in [0.1, 0.15) is 0 Å². The van der Waals surface area contributed by atoms with Gasteiger partial charge in [-0.05, 0) is 47.9 Å². The molecule has 2 aromatic rings. The van der Waals surface area contributed by atoms with Crippen molar-refractivity contribution in [2.24, 2.45) is 0 Å². The van der Waals surface area contributed by atoms with Crippen molar-refractivity contribution in [1.29, 1.82) is 0 Å². The SMILES string of the molecule is Cc1cc(C(=O)c2ccc3c(c2)COC3)ccc1N. The third-order valence-electron chi connectivity index (χ3n) is 3.52. The highest BCUT2D eigenvalue weighted by molar-refractivity contribution is 6.09. The molecule has 0 unspecified atom stereocenters. The maximum absolute atomic E-state index is 12.4. The lowest BCUT2D eigenvalue weighted by atomic mass is 9.98. The second kappa shape index (κ2) is 4.52. The third-order valence-corrected chi connectivity index (χ3v) is 3.52. The first kappa shape index (κ1) is 11.9. The molecule has 3 nitrogen and oxygen atoms in total. The first-order valence-electron chi connectivity index (χ1n) is 6.25. The standard InChI is InChI=1S/C16H15NO2/c1-10-6-11(4-5-15(10)17)16(18)12-2-3-13-8-19-9-14(13)7-12/h2-7H,8-9,17H2,1H3. The molecule has 0 radical (unpaired) electrons. The number of benzene rings is 2. The van der Waals surface area contributed by atoms with Gasteiger partial charge >= 0.3 is 0 Å². The van der Waals surface area contributed by atoms with Gasteiger partial charge in [0.15, 0.2) is 5.78 Å². The summed E-state index contributed by atoms with van der Waals surface area (Å²) in [4.78, 5) is 12.4. The summed E-state index contributed by atoms with van der Waals surface area (Å²) >= 11 is 0. The number of carbonyl (C=O) groups is 1. The lowest BCUT2D eigenvalue weighted by Crippen LogP contribution is -2.03. The predicted molar refractivity (Wildman–Crippen MR) is 74.0 cm³/mol. The topological polar surface area (TPSA) is 52.3 Å². The molecule has 3 rings (SSSR count). The molecule has 0 fully saturated rings. The molecule has 1 aliphatic rings. The largest absolute Gasteiger partial charge is 0.399 e. The van der Waals surface area contributed by atoms with E-state index in [4.69, 9.17) is 10.5 Å². The van der Waals surface area contributed by atoms with Crippen molar-refractivity contribution >= 4 is 11.5 Å². The van der Waals surface area contributed by atoms with Crippen LogP contribution in [0.15, 0.2) is 36.4 Å². The summed E-state index contributed by atoms with van der Waals surface area (Å²) in [7, 11) is 0. The quantitative estimate of drug-likeness (QED) is 0.661. The van der Waals surface area contributed by atoms with Crippen LogP contribution in [0, 0.1) is 6.92 Å². The molecule has 0 bridgehead atoms. The summed E-state index contributed by atoms with van der Waals surface area (Å²) in [6, 6.07) is 11.1. The minimum atomic E-state index is 0.0257. The maximum Gasteiger partial charge on any atom is 0.193 e. The second-order valence-electron chi connectivity index (χ2n) is 4.88. The van der Waals surface area contributed by atoms with Gasteiger partial charge < -0.3 is 10.5 Å². The minimum absolute atomic E-state index is 0.0257. The van der Waals surface area contributed by atoms with Crippen LogP contribution in [0.5, 0.6) is 0 Å². The van der Waals surface area contributed by atoms with E-state index in [-0.39, 0.29) is 5.78 Å². The van der Waals surface area contributed by atoms with Crippen LogP contribution in [0.4, 0.5) is 5.69 Å². The van der Waals surface area contributed by atoms with Gasteiger partial charge in [0.05, 0.1) is 13.2 Å². The molecule has 1 heterocycles. The number of carbonyl (C=O) groups excluding carboxylic acids is 1. The van der Waals surface area contributed by atoms with Crippen molar-refractivity contribution in [2.75, 3.05) is 5.73 Å². The van der Waals surface area contributed by atoms with Crippen LogP contribution in [0.1, 0.15) is 32.6 Å². The van der Waals surface area contributed by atoms with Crippen molar-refractivity contribution in [1.82, 2.24) is 0 Å². The van der Waals surface area contributed by atoms with Crippen LogP contribution < -0.4 is 5.73 Å². The molecule has 0 atom stereocenters. The van der Waals surface area contributed by atoms with E-state index in [1.165, 1.54) is 5.56 Å². The number of rotatable bonds is 2. The lowest BCUT2D eigenvalue weighted by molar-refractivity contribution is 0.103. The van der Waals surface area contributed by atoms with Crippen LogP contribution >= 0.6 is 0 Å². The highest BCUT2D eigenvalue weighted by Crippen LogP contribution is 2.23. The lowest BCUT2D eigenvalue weighted by Gasteiger charge is -2.06. The number of hydrogen-bond acceptors (Lipinski definition) is 3. The summed E-state index contributed by atoms with van der Waals surface area (Å²) in [6.45, 7) is 3.14. The molecule has 2 N–H and O–H groups in total. The average molecular weight is 253 g/mol. The highest BCUT2D eigenvalue weighted by atomic mass is 16.5. The molecule has 3 heteroatoms. The van der Waals surface area contributed by atoms with E-state index in [0.717, 1.165) is 11.1 Å². The summed E-state index contributed by atoms with van der Waals surface area (Å²) < 4.78 is 5.36. The fraction of sp³-hybridized carbons (Fsp3) is 0.188. The Morgan fingerprint density at radius 1 is 1.05 bits per heavy atom. The second-order valence-corrected chi connectivity index (χ2v) is 4.88. The molecular formula is C16H15NO2. The van der Waals surface area contributed by atoms with E-state index in [9.17, 15) is 4.79 Å². The van der Waals surface area contributed by atoms with Crippen LogP contribution in [0.3, 0.4) is 0 Å². The number of nitrogens with two attached hydrogens (primary N) is 1. The number of nitrogen functional groups attached to an aromatic ring is 1. The molecule has 0 saturated heterocycles. The van der Waals surface area contributed by atoms with Gasteiger partial charge in [-0.1, -0.05) is 12.1 Å². The first-order chi connectivity index (χ1) is 9.15. The minimum Gasteiger partial charge on any atom is -0.399 e. The first-order valence-corrected chi connectivity index (χ1v) is 6.25. The Morgan fingerprint density at radius 2 is 1.74 bits per heavy atom. The predicted octanol–water partition coefficient (Wildman–Crippen LogP) is 2.84. The Bertz CT molecular complexity index is 662. The fourth-order valence-electron chi connectivity index (χ4n) is 2.30. The number of ketones is 1. The molecule has 0 saturated carbocycles. The fourth-order valence-corrected chi connectivity index (χ4v) is 2.30. The molecule has 19 heavy (non-hydrogen) atoms. The van der Waals surface area contributed by atoms with E-state index in [1.807, 2.05) is 31.2 Å². The Morgan fingerprint density at radius 3 is 2.53 bits per heavy atom. The maximum atomic E-state index is 12.4. The van der Waals surface area contributed by atoms with Crippen LogP contribution in [-0.2, 0) is 18.0 Å². The molecule has 0 spiro atoms. The van der Waals surface area contributed by atoms with Crippen molar-refractivity contribution in [3.05, 3.63) is 64.2 Å². The third kappa shape index (κ3) is 2.13. The van der Waals surface area contributed by atoms with Crippen LogP contribution in [0.25, 0.3) is 0 Å². The van der Waals surface area contributed by atoms with E-state index in [2.05, 4.69) is 0 Å². The summed E-state index contributed by atoms with van der Waals surface area (Å²) in [5.41, 5.74) is 11.1. The molecule has 0 amide bonds. The van der Waals surface area contributed by atoms with Gasteiger partial charge in [0.2, 0.25) is 0 Å². The monoisotopic (exact) mass is 253 g/mol. The number of fused-ring (bicyclic) bond motifs is 1. The Hall–Kier alpha value is -2.13. The normalized spacial score (nSPS) is 13.3. The van der Waals surface area contributed by atoms with Gasteiger partial charge in [0.25, 0.3) is 0 Å². The average Bonchev–Trinajstić information content (AvgIpc) is 2.88. The van der Waals surface area contributed by atoms with Crippen molar-refractivity contribution in [2.45, 2.75) is 20.1 Å². The van der Waals surface area contributed by atoms with Crippen LogP contribution in [0.2, 0.25) is 0 Å². The van der Waals surface area contributed by atoms with Gasteiger partial charge in [-0.2, -0.15) is 0 Å². The molecule has 2 aromatic carbocycles. The number of aryl methyl sites for hydroxylation is 1. The smallest absolute Gasteiger partial charge is 0.193 e. The van der Waals surface area contributed by atoms with E-state index < -0.39 is 0 Å². The van der Waals surface area contributed by atoms with Crippen LogP contribution in [-0.4, -0.2) is 5.78 Å². The zero-order valence-corrected chi connectivity index (χ0v) is 10.8. The molecule has 0 aromatic heterocycles. The van der Waals surface area contributed by atoms with Gasteiger partial charge in [0, 0.05) is 16.8 Å². The van der Waals surface area contributed by atoms with E-state index in [1.54, 1.807) is 12.1 Å². The summed E-state index contributed by atoms with van der Waals surface area (Å²) in [5.74, 6) is 0.0257. The van der Waals surface area contributed by atoms with Crippen molar-refractivity contribution in [3.8, 4) is 0 Å². The van der Waals surface area contributed by atoms with Gasteiger partial charge in [-0.3, -0.25) is 4.79 Å². The zero-order chi connectivity index (χ0) is 13.4. The molecule has 1 aliphatic heterocycles. The van der Waals surface area contributed by atoms with Crippen molar-refractivity contribution < 1.29 is 9.53 Å². The Balaban J connectivity index is 1.97. The van der Waals surface area contributed by atoms with Gasteiger partial charge in [-0.15, -0.1) is 0 Å². The van der Waals surface area contributed by atoms with Crippen molar-refractivity contribution in [3.63, 3.8) is 0 Å². The molecule has 0 aliphatic carbocycles. The Labute approximate surface area is 112 Å². The zero-order valence-electron chi connectivity index (χ0n) is 10.8. The van der Waals surface area contributed by atoms with E-state index in [0.29, 0.717) is 30.0 Å². The van der Waals surface area contributed by atoms with E-state index >= 15 is 0 Å². The summed E-state index contributed by atoms with van der Waals surface area (Å²) in [6.07, 6.45) is 0. The molecular weight excluding hydrogens is 238 g/mol. The Kier molecular flexibility index (Phi) is 2.84. The number of ether oxygens (including phenoxy) is 1. The highest BCUT2D eigenvalue weighted by Gasteiger charge is 2.15. The van der Waals surface area contributed by atoms with Gasteiger partial charge in [-0.25, -0.2) is 0 Å². The summed E-state index contributed by atoms with van der Waals surface area (Å²) in [5, 5.41) is 0. The molecule has 96 valence electrons. The number of hydrogen-bond donors (Lipinski definition) is 1. The number of anilines is 1.